The van der Waals surface area contributed by atoms with Crippen molar-refractivity contribution in [2.75, 3.05) is 0 Å². The van der Waals surface area contributed by atoms with Gasteiger partial charge in [-0.3, -0.25) is 4.98 Å². The third kappa shape index (κ3) is 1.60. The van der Waals surface area contributed by atoms with Gasteiger partial charge in [-0.05, 0) is 23.9 Å². The van der Waals surface area contributed by atoms with Crippen molar-refractivity contribution in [3.8, 4) is 11.3 Å². The van der Waals surface area contributed by atoms with Gasteiger partial charge in [0.1, 0.15) is 0 Å². The molecule has 0 aliphatic heterocycles. The Hall–Kier alpha value is -2.16. The quantitative estimate of drug-likeness (QED) is 0.635. The minimum absolute atomic E-state index is 1.00. The number of pyridine rings is 1. The summed E-state index contributed by atoms with van der Waals surface area (Å²) in [6, 6.07) is 6.29. The number of fused-ring (bicyclic) bond motifs is 1. The van der Waals surface area contributed by atoms with Gasteiger partial charge < -0.3 is 4.57 Å². The van der Waals surface area contributed by atoms with E-state index in [1.807, 2.05) is 42.6 Å². The second-order valence-electron chi connectivity index (χ2n) is 4.28. The standard InChI is InChI=1S/C14H13N3/c1-10-3-4-12(14-8-17(2)9-16-14)11-5-6-15-7-13(10)11/h3-9H,1-2H3. The fourth-order valence-electron chi connectivity index (χ4n) is 2.11. The van der Waals surface area contributed by atoms with Crippen LogP contribution in [0.3, 0.4) is 0 Å². The van der Waals surface area contributed by atoms with Crippen LogP contribution in [0.1, 0.15) is 5.56 Å². The summed E-state index contributed by atoms with van der Waals surface area (Å²) in [5.74, 6) is 0. The maximum atomic E-state index is 4.41. The van der Waals surface area contributed by atoms with Crippen LogP contribution < -0.4 is 0 Å². The van der Waals surface area contributed by atoms with Crippen LogP contribution in [0.15, 0.2) is 43.1 Å². The van der Waals surface area contributed by atoms with Crippen molar-refractivity contribution >= 4 is 10.8 Å². The van der Waals surface area contributed by atoms with Gasteiger partial charge in [0.05, 0.1) is 12.0 Å². The maximum Gasteiger partial charge on any atom is 0.0951 e. The predicted octanol–water partition coefficient (Wildman–Crippen LogP) is 2.94. The normalized spacial score (nSPS) is 10.9. The smallest absolute Gasteiger partial charge is 0.0951 e. The van der Waals surface area contributed by atoms with Gasteiger partial charge in [-0.15, -0.1) is 0 Å². The molecule has 0 bridgehead atoms. The van der Waals surface area contributed by atoms with Crippen molar-refractivity contribution in [3.63, 3.8) is 0 Å². The minimum atomic E-state index is 1.00. The van der Waals surface area contributed by atoms with Crippen molar-refractivity contribution in [1.82, 2.24) is 14.5 Å². The number of aryl methyl sites for hydroxylation is 2. The molecule has 0 amide bonds. The van der Waals surface area contributed by atoms with Gasteiger partial charge in [-0.25, -0.2) is 4.98 Å². The Morgan fingerprint density at radius 2 is 2.00 bits per heavy atom. The van der Waals surface area contributed by atoms with Crippen molar-refractivity contribution in [1.29, 1.82) is 0 Å². The summed E-state index contributed by atoms with van der Waals surface area (Å²) in [7, 11) is 1.98. The molecule has 0 radical (unpaired) electrons. The van der Waals surface area contributed by atoms with Crippen LogP contribution in [0, 0.1) is 6.92 Å². The van der Waals surface area contributed by atoms with Crippen molar-refractivity contribution in [2.24, 2.45) is 7.05 Å². The Labute approximate surface area is 99.8 Å². The summed E-state index contributed by atoms with van der Waals surface area (Å²) < 4.78 is 1.96. The molecule has 84 valence electrons. The van der Waals surface area contributed by atoms with E-state index in [1.54, 1.807) is 0 Å². The van der Waals surface area contributed by atoms with Crippen molar-refractivity contribution in [3.05, 3.63) is 48.7 Å². The summed E-state index contributed by atoms with van der Waals surface area (Å²) in [6.07, 6.45) is 7.60. The van der Waals surface area contributed by atoms with Crippen LogP contribution >= 0.6 is 0 Å². The van der Waals surface area contributed by atoms with Crippen molar-refractivity contribution in [2.45, 2.75) is 6.92 Å². The van der Waals surface area contributed by atoms with Gasteiger partial charge in [0.15, 0.2) is 0 Å². The molecule has 0 unspecified atom stereocenters. The lowest BCUT2D eigenvalue weighted by atomic mass is 10.0. The minimum Gasteiger partial charge on any atom is -0.340 e. The summed E-state index contributed by atoms with van der Waals surface area (Å²) in [5, 5.41) is 2.40. The van der Waals surface area contributed by atoms with E-state index in [-0.39, 0.29) is 0 Å². The highest BCUT2D eigenvalue weighted by molar-refractivity contribution is 5.97. The van der Waals surface area contributed by atoms with Crippen LogP contribution in [0.2, 0.25) is 0 Å². The van der Waals surface area contributed by atoms with E-state index in [1.165, 1.54) is 16.3 Å². The molecule has 0 spiro atoms. The molecule has 0 fully saturated rings. The van der Waals surface area contributed by atoms with Crippen LogP contribution in [-0.2, 0) is 7.05 Å². The maximum absolute atomic E-state index is 4.41. The zero-order chi connectivity index (χ0) is 11.8. The SMILES string of the molecule is Cc1ccc(-c2cn(C)cn2)c2ccncc12. The molecule has 0 saturated heterocycles. The van der Waals surface area contributed by atoms with Gasteiger partial charge >= 0.3 is 0 Å². The zero-order valence-corrected chi connectivity index (χ0v) is 9.88. The van der Waals surface area contributed by atoms with E-state index in [4.69, 9.17) is 0 Å². The van der Waals surface area contributed by atoms with Crippen molar-refractivity contribution < 1.29 is 0 Å². The van der Waals surface area contributed by atoms with Gasteiger partial charge in [-0.1, -0.05) is 12.1 Å². The summed E-state index contributed by atoms with van der Waals surface area (Å²) in [5.41, 5.74) is 3.41. The van der Waals surface area contributed by atoms with E-state index >= 15 is 0 Å². The zero-order valence-electron chi connectivity index (χ0n) is 9.88. The molecule has 0 aliphatic carbocycles. The lowest BCUT2D eigenvalue weighted by Crippen LogP contribution is -1.85. The van der Waals surface area contributed by atoms with Crippen LogP contribution in [0.5, 0.6) is 0 Å². The fraction of sp³-hybridized carbons (Fsp3) is 0.143. The molecule has 17 heavy (non-hydrogen) atoms. The van der Waals surface area contributed by atoms with Gasteiger partial charge in [0.25, 0.3) is 0 Å². The Bertz CT molecular complexity index is 683. The van der Waals surface area contributed by atoms with E-state index in [2.05, 4.69) is 29.0 Å². The largest absolute Gasteiger partial charge is 0.340 e. The Kier molecular flexibility index (Phi) is 2.18. The Morgan fingerprint density at radius 1 is 1.12 bits per heavy atom. The van der Waals surface area contributed by atoms with Crippen LogP contribution in [0.25, 0.3) is 22.0 Å². The summed E-state index contributed by atoms with van der Waals surface area (Å²) in [4.78, 5) is 8.60. The van der Waals surface area contributed by atoms with E-state index < -0.39 is 0 Å². The third-order valence-electron chi connectivity index (χ3n) is 3.02. The number of hydrogen-bond acceptors (Lipinski definition) is 2. The topological polar surface area (TPSA) is 30.7 Å². The number of benzene rings is 1. The monoisotopic (exact) mass is 223 g/mol. The average Bonchev–Trinajstić information content (AvgIpc) is 2.77. The molecule has 0 atom stereocenters. The third-order valence-corrected chi connectivity index (χ3v) is 3.02. The highest BCUT2D eigenvalue weighted by Crippen LogP contribution is 2.28. The number of nitrogens with zero attached hydrogens (tertiary/aromatic N) is 3. The fourth-order valence-corrected chi connectivity index (χ4v) is 2.11. The lowest BCUT2D eigenvalue weighted by molar-refractivity contribution is 0.913. The highest BCUT2D eigenvalue weighted by Gasteiger charge is 2.07. The number of imidazole rings is 1. The molecule has 0 saturated carbocycles. The molecule has 0 N–H and O–H groups in total. The van der Waals surface area contributed by atoms with Crippen LogP contribution in [-0.4, -0.2) is 14.5 Å². The Balaban J connectivity index is 2.34. The summed E-state index contributed by atoms with van der Waals surface area (Å²) >= 11 is 0. The molecule has 1 aromatic carbocycles. The number of aromatic nitrogens is 3. The molecule has 2 aromatic heterocycles. The van der Waals surface area contributed by atoms with E-state index in [9.17, 15) is 0 Å². The molecule has 3 nitrogen and oxygen atoms in total. The first-order valence-corrected chi connectivity index (χ1v) is 5.57. The predicted molar refractivity (Wildman–Crippen MR) is 68.7 cm³/mol. The van der Waals surface area contributed by atoms with E-state index in [0.717, 1.165) is 11.3 Å². The highest BCUT2D eigenvalue weighted by atomic mass is 15.0. The van der Waals surface area contributed by atoms with Crippen LogP contribution in [0.4, 0.5) is 0 Å². The molecule has 2 heterocycles. The first kappa shape index (κ1) is 10.0. The number of rotatable bonds is 1. The average molecular weight is 223 g/mol. The molecular formula is C14H13N3. The molecule has 3 rings (SSSR count). The van der Waals surface area contributed by atoms with Gasteiger partial charge in [0.2, 0.25) is 0 Å². The molecule has 3 aromatic rings. The second kappa shape index (κ2) is 3.70. The molecule has 3 heteroatoms. The Morgan fingerprint density at radius 3 is 2.76 bits per heavy atom. The second-order valence-corrected chi connectivity index (χ2v) is 4.28. The number of hydrogen-bond donors (Lipinski definition) is 0. The lowest BCUT2D eigenvalue weighted by Gasteiger charge is -2.06. The molecular weight excluding hydrogens is 210 g/mol. The first-order chi connectivity index (χ1) is 8.25. The van der Waals surface area contributed by atoms with E-state index in [0.29, 0.717) is 0 Å². The van der Waals surface area contributed by atoms with Gasteiger partial charge in [-0.2, -0.15) is 0 Å². The summed E-state index contributed by atoms with van der Waals surface area (Å²) in [6.45, 7) is 2.10. The molecule has 0 aliphatic rings. The first-order valence-electron chi connectivity index (χ1n) is 5.57. The van der Waals surface area contributed by atoms with Gasteiger partial charge in [0, 0.05) is 36.6 Å².